The van der Waals surface area contributed by atoms with Crippen LogP contribution in [-0.4, -0.2) is 17.6 Å². The minimum absolute atomic E-state index is 0.00736. The molecular weight excluding hydrogens is 277 g/mol. The van der Waals surface area contributed by atoms with Gasteiger partial charge in [-0.2, -0.15) is 13.2 Å². The Hall–Kier alpha value is -2.03. The van der Waals surface area contributed by atoms with Gasteiger partial charge in [0.15, 0.2) is 0 Å². The average Bonchev–Trinajstić information content (AvgIpc) is 2.36. The predicted octanol–water partition coefficient (Wildman–Crippen LogP) is 3.02. The Bertz CT molecular complexity index is 465. The van der Waals surface area contributed by atoms with Crippen molar-refractivity contribution in [3.8, 4) is 0 Å². The lowest BCUT2D eigenvalue weighted by atomic mass is 10.2. The lowest BCUT2D eigenvalue weighted by molar-refractivity contribution is -0.384. The van der Waals surface area contributed by atoms with Crippen LogP contribution in [0.4, 0.5) is 30.2 Å². The van der Waals surface area contributed by atoms with Crippen molar-refractivity contribution in [2.45, 2.75) is 25.4 Å². The molecule has 9 heteroatoms. The van der Waals surface area contributed by atoms with Crippen LogP contribution in [-0.2, 0) is 0 Å². The minimum atomic E-state index is -4.15. The first-order valence-electron chi connectivity index (χ1n) is 5.88. The summed E-state index contributed by atoms with van der Waals surface area (Å²) in [6.07, 6.45) is -4.66. The summed E-state index contributed by atoms with van der Waals surface area (Å²) >= 11 is 0. The van der Waals surface area contributed by atoms with Gasteiger partial charge < -0.3 is 10.7 Å². The van der Waals surface area contributed by atoms with Gasteiger partial charge in [0.25, 0.3) is 5.69 Å². The van der Waals surface area contributed by atoms with Crippen LogP contribution < -0.4 is 16.6 Å². The highest BCUT2D eigenvalue weighted by atomic mass is 19.4. The molecule has 0 radical (unpaired) electrons. The van der Waals surface area contributed by atoms with Crippen molar-refractivity contribution in [2.75, 3.05) is 17.3 Å². The molecule has 0 spiro atoms. The largest absolute Gasteiger partial charge is 0.389 e. The van der Waals surface area contributed by atoms with E-state index < -0.39 is 17.5 Å². The summed E-state index contributed by atoms with van der Waals surface area (Å²) in [4.78, 5) is 10.1. The SMILES string of the molecule is NNc1cc(NCCCCC(F)(F)F)cc([N+](=O)[O-])c1. The second-order valence-electron chi connectivity index (χ2n) is 4.17. The van der Waals surface area contributed by atoms with Gasteiger partial charge in [0, 0.05) is 30.8 Å². The number of hydrogen-bond acceptors (Lipinski definition) is 5. The molecule has 1 aromatic carbocycles. The van der Waals surface area contributed by atoms with E-state index >= 15 is 0 Å². The number of nitrogen functional groups attached to an aromatic ring is 1. The van der Waals surface area contributed by atoms with E-state index in [-0.39, 0.29) is 12.1 Å². The zero-order chi connectivity index (χ0) is 15.2. The quantitative estimate of drug-likeness (QED) is 0.311. The molecular formula is C11H15F3N4O2. The van der Waals surface area contributed by atoms with Gasteiger partial charge in [-0.15, -0.1) is 0 Å². The van der Waals surface area contributed by atoms with Gasteiger partial charge >= 0.3 is 6.18 Å². The number of nitro benzene ring substituents is 1. The van der Waals surface area contributed by atoms with Crippen LogP contribution >= 0.6 is 0 Å². The molecule has 112 valence electrons. The number of alkyl halides is 3. The normalized spacial score (nSPS) is 11.2. The number of non-ortho nitro benzene ring substituents is 1. The van der Waals surface area contributed by atoms with Crippen molar-refractivity contribution in [1.82, 2.24) is 0 Å². The molecule has 0 aromatic heterocycles. The number of benzene rings is 1. The molecule has 0 aliphatic heterocycles. The lowest BCUT2D eigenvalue weighted by Gasteiger charge is -2.09. The molecule has 0 aliphatic rings. The highest BCUT2D eigenvalue weighted by Crippen LogP contribution is 2.24. The maximum absolute atomic E-state index is 11.9. The van der Waals surface area contributed by atoms with Crippen LogP contribution in [0.25, 0.3) is 0 Å². The summed E-state index contributed by atoms with van der Waals surface area (Å²) in [5.41, 5.74) is 2.91. The number of hydrogen-bond donors (Lipinski definition) is 3. The predicted molar refractivity (Wildman–Crippen MR) is 69.3 cm³/mol. The van der Waals surface area contributed by atoms with Crippen LogP contribution in [0.15, 0.2) is 18.2 Å². The molecule has 0 atom stereocenters. The van der Waals surface area contributed by atoms with E-state index in [0.717, 1.165) is 0 Å². The number of unbranched alkanes of at least 4 members (excludes halogenated alkanes) is 1. The standard InChI is InChI=1S/C11H15F3N4O2/c12-11(13,14)3-1-2-4-16-8-5-9(17-15)7-10(6-8)18(19)20/h5-7,16-17H,1-4,15H2. The maximum Gasteiger partial charge on any atom is 0.389 e. The number of rotatable bonds is 7. The second kappa shape index (κ2) is 6.94. The van der Waals surface area contributed by atoms with Crippen molar-refractivity contribution in [2.24, 2.45) is 5.84 Å². The highest BCUT2D eigenvalue weighted by Gasteiger charge is 2.25. The van der Waals surface area contributed by atoms with Gasteiger partial charge in [-0.1, -0.05) is 0 Å². The number of halogens is 3. The van der Waals surface area contributed by atoms with Gasteiger partial charge in [0.2, 0.25) is 0 Å². The van der Waals surface area contributed by atoms with Crippen LogP contribution in [0.2, 0.25) is 0 Å². The molecule has 0 unspecified atom stereocenters. The van der Waals surface area contributed by atoms with Crippen LogP contribution in [0, 0.1) is 10.1 Å². The third-order valence-corrected chi connectivity index (χ3v) is 2.51. The fourth-order valence-electron chi connectivity index (χ4n) is 1.59. The Morgan fingerprint density at radius 1 is 1.20 bits per heavy atom. The summed E-state index contributed by atoms with van der Waals surface area (Å²) in [5, 5.41) is 13.5. The number of nitro groups is 1. The molecule has 0 heterocycles. The van der Waals surface area contributed by atoms with Crippen molar-refractivity contribution < 1.29 is 18.1 Å². The summed E-state index contributed by atoms with van der Waals surface area (Å²) in [6, 6.07) is 4.09. The van der Waals surface area contributed by atoms with Gasteiger partial charge in [-0.3, -0.25) is 16.0 Å². The Labute approximate surface area is 113 Å². The topological polar surface area (TPSA) is 93.2 Å². The van der Waals surface area contributed by atoms with E-state index in [4.69, 9.17) is 5.84 Å². The molecule has 20 heavy (non-hydrogen) atoms. The van der Waals surface area contributed by atoms with Gasteiger partial charge in [-0.25, -0.2) is 0 Å². The monoisotopic (exact) mass is 292 g/mol. The van der Waals surface area contributed by atoms with E-state index in [9.17, 15) is 23.3 Å². The molecule has 6 nitrogen and oxygen atoms in total. The van der Waals surface area contributed by atoms with Crippen molar-refractivity contribution in [3.05, 3.63) is 28.3 Å². The highest BCUT2D eigenvalue weighted by molar-refractivity contribution is 5.63. The summed E-state index contributed by atoms with van der Waals surface area (Å²) in [7, 11) is 0. The van der Waals surface area contributed by atoms with Crippen LogP contribution in [0.3, 0.4) is 0 Å². The third-order valence-electron chi connectivity index (χ3n) is 2.51. The average molecular weight is 292 g/mol. The third kappa shape index (κ3) is 5.74. The number of nitrogens with one attached hydrogen (secondary N) is 2. The van der Waals surface area contributed by atoms with Crippen LogP contribution in [0.5, 0.6) is 0 Å². The number of hydrazine groups is 1. The van der Waals surface area contributed by atoms with E-state index in [2.05, 4.69) is 10.7 Å². The first-order valence-corrected chi connectivity index (χ1v) is 5.88. The van der Waals surface area contributed by atoms with E-state index in [1.54, 1.807) is 0 Å². The maximum atomic E-state index is 11.9. The second-order valence-corrected chi connectivity index (χ2v) is 4.17. The fraction of sp³-hybridized carbons (Fsp3) is 0.455. The van der Waals surface area contributed by atoms with E-state index in [1.165, 1.54) is 18.2 Å². The van der Waals surface area contributed by atoms with Crippen LogP contribution in [0.1, 0.15) is 19.3 Å². The molecule has 4 N–H and O–H groups in total. The number of nitrogens with zero attached hydrogens (tertiary/aromatic N) is 1. The van der Waals surface area contributed by atoms with Crippen molar-refractivity contribution >= 4 is 17.1 Å². The molecule has 1 rings (SSSR count). The molecule has 0 fully saturated rings. The van der Waals surface area contributed by atoms with Gasteiger partial charge in [0.05, 0.1) is 10.6 Å². The zero-order valence-corrected chi connectivity index (χ0v) is 10.5. The number of anilines is 2. The molecule has 0 aliphatic carbocycles. The van der Waals surface area contributed by atoms with Gasteiger partial charge in [0.1, 0.15) is 0 Å². The summed E-state index contributed by atoms with van der Waals surface area (Å²) < 4.78 is 35.8. The van der Waals surface area contributed by atoms with E-state index in [1.807, 2.05) is 0 Å². The first-order chi connectivity index (χ1) is 9.31. The number of nitrogens with two attached hydrogens (primary N) is 1. The molecule has 1 aromatic rings. The summed E-state index contributed by atoms with van der Waals surface area (Å²) in [5.74, 6) is 5.19. The Morgan fingerprint density at radius 3 is 2.40 bits per heavy atom. The molecule has 0 saturated carbocycles. The molecule has 0 saturated heterocycles. The summed E-state index contributed by atoms with van der Waals surface area (Å²) in [6.45, 7) is 0.293. The van der Waals surface area contributed by atoms with Gasteiger partial charge in [-0.05, 0) is 18.9 Å². The minimum Gasteiger partial charge on any atom is -0.385 e. The van der Waals surface area contributed by atoms with Crippen molar-refractivity contribution in [1.29, 1.82) is 0 Å². The smallest absolute Gasteiger partial charge is 0.385 e. The molecule has 0 bridgehead atoms. The zero-order valence-electron chi connectivity index (χ0n) is 10.5. The van der Waals surface area contributed by atoms with E-state index in [0.29, 0.717) is 24.3 Å². The Kier molecular flexibility index (Phi) is 5.56. The first kappa shape index (κ1) is 16.0. The molecule has 0 amide bonds. The lowest BCUT2D eigenvalue weighted by Crippen LogP contribution is -2.10. The fourth-order valence-corrected chi connectivity index (χ4v) is 1.59. The Morgan fingerprint density at radius 2 is 1.85 bits per heavy atom. The van der Waals surface area contributed by atoms with Crippen molar-refractivity contribution in [3.63, 3.8) is 0 Å². The Balaban J connectivity index is 2.51.